The number of nitrogens with one attached hydrogen (secondary N) is 1. The number of hydrogen-bond acceptors (Lipinski definition) is 8. The maximum absolute atomic E-state index is 14.8. The van der Waals surface area contributed by atoms with Crippen LogP contribution in [0.3, 0.4) is 0 Å². The van der Waals surface area contributed by atoms with Crippen LogP contribution in [0.15, 0.2) is 42.6 Å². The van der Waals surface area contributed by atoms with Crippen LogP contribution in [0.25, 0.3) is 11.0 Å². The predicted octanol–water partition coefficient (Wildman–Crippen LogP) is 6.05. The van der Waals surface area contributed by atoms with E-state index in [0.29, 0.717) is 48.5 Å². The minimum Gasteiger partial charge on any atom is -0.444 e. The van der Waals surface area contributed by atoms with Gasteiger partial charge in [0, 0.05) is 51.5 Å². The molecule has 0 spiro atoms. The Labute approximate surface area is 272 Å². The molecule has 11 nitrogen and oxygen atoms in total. The van der Waals surface area contributed by atoms with Crippen LogP contribution in [-0.2, 0) is 14.2 Å². The van der Waals surface area contributed by atoms with Crippen molar-refractivity contribution in [3.8, 4) is 0 Å². The van der Waals surface area contributed by atoms with Gasteiger partial charge in [-0.2, -0.15) is 0 Å². The quantitative estimate of drug-likeness (QED) is 0.292. The van der Waals surface area contributed by atoms with Crippen molar-refractivity contribution in [2.45, 2.75) is 70.2 Å². The molecule has 0 radical (unpaired) electrons. The summed E-state index contributed by atoms with van der Waals surface area (Å²) in [5.41, 5.74) is 0.595. The van der Waals surface area contributed by atoms with Crippen molar-refractivity contribution in [1.29, 1.82) is 0 Å². The van der Waals surface area contributed by atoms with Gasteiger partial charge in [-0.3, -0.25) is 4.98 Å². The molecule has 1 N–H and O–H groups in total. The Hall–Kier alpha value is -4.17. The molecule has 0 aliphatic carbocycles. The highest BCUT2D eigenvalue weighted by Crippen LogP contribution is 2.39. The van der Waals surface area contributed by atoms with Gasteiger partial charge < -0.3 is 34.2 Å². The van der Waals surface area contributed by atoms with Crippen LogP contribution in [0, 0.1) is 11.6 Å². The smallest absolute Gasteiger partial charge is 0.410 e. The number of fused-ring (bicyclic) bond motifs is 1. The average molecular weight is 659 g/mol. The Bertz CT molecular complexity index is 1580. The Morgan fingerprint density at radius 2 is 1.81 bits per heavy atom. The molecule has 3 amide bonds. The number of aromatic nitrogens is 2. The number of anilines is 2. The molecule has 2 aromatic heterocycles. The minimum atomic E-state index is -1.28. The van der Waals surface area contributed by atoms with Crippen LogP contribution < -0.4 is 10.2 Å². The van der Waals surface area contributed by atoms with Gasteiger partial charge in [0.1, 0.15) is 34.7 Å². The number of pyridine rings is 2. The summed E-state index contributed by atoms with van der Waals surface area (Å²) in [6.45, 7) is 6.28. The van der Waals surface area contributed by atoms with Crippen LogP contribution in [0.4, 0.5) is 34.3 Å². The van der Waals surface area contributed by atoms with Gasteiger partial charge in [0.05, 0.1) is 30.3 Å². The number of nitrogens with zero attached hydrogens (tertiary/aromatic N) is 5. The van der Waals surface area contributed by atoms with Crippen LogP contribution in [0.1, 0.15) is 51.6 Å². The van der Waals surface area contributed by atoms with Crippen LogP contribution in [0.2, 0.25) is 0 Å². The van der Waals surface area contributed by atoms with Gasteiger partial charge in [-0.1, -0.05) is 0 Å². The number of likely N-dealkylation sites (tertiary alicyclic amines) is 1. The van der Waals surface area contributed by atoms with Gasteiger partial charge >= 0.3 is 12.1 Å². The first kappa shape index (κ1) is 34.2. The number of piperidine rings is 1. The zero-order chi connectivity index (χ0) is 33.9. The van der Waals surface area contributed by atoms with E-state index in [1.165, 1.54) is 20.4 Å². The lowest BCUT2D eigenvalue weighted by atomic mass is 10.0. The van der Waals surface area contributed by atoms with Crippen molar-refractivity contribution in [1.82, 2.24) is 19.8 Å². The topological polar surface area (TPSA) is 109 Å². The Morgan fingerprint density at radius 3 is 2.49 bits per heavy atom. The number of methoxy groups -OCH3 is 2. The maximum atomic E-state index is 14.8. The van der Waals surface area contributed by atoms with E-state index in [1.54, 1.807) is 32.9 Å². The SMILES string of the molecule is COC(CN(C(=O)Nc1ccnc2ccc(N3C[C@@H](F)C[C@@H]3c3cc(F)ccc3F)nc12)C1CCN(C(=O)OC(C)(C)C)CC1)OC. The second kappa shape index (κ2) is 14.3. The maximum Gasteiger partial charge on any atom is 0.410 e. The molecule has 2 fully saturated rings. The predicted molar refractivity (Wildman–Crippen MR) is 170 cm³/mol. The van der Waals surface area contributed by atoms with E-state index in [4.69, 9.17) is 19.2 Å². The summed E-state index contributed by atoms with van der Waals surface area (Å²) < 4.78 is 59.9. The Balaban J connectivity index is 1.39. The third-order valence-corrected chi connectivity index (χ3v) is 8.36. The van der Waals surface area contributed by atoms with Crippen LogP contribution in [0.5, 0.6) is 0 Å². The molecule has 0 bridgehead atoms. The van der Waals surface area contributed by atoms with Crippen LogP contribution in [-0.4, -0.2) is 96.4 Å². The van der Waals surface area contributed by atoms with E-state index in [1.807, 2.05) is 20.8 Å². The van der Waals surface area contributed by atoms with E-state index in [2.05, 4.69) is 10.3 Å². The summed E-state index contributed by atoms with van der Waals surface area (Å²) in [4.78, 5) is 40.5. The standard InChI is InChI=1S/C33H41F3N6O5/c1-33(2,3)47-32(44)40-14-11-22(12-15-40)41(19-29(45-4)46-5)31(43)38-26-10-13-37-25-8-9-28(39-30(25)26)42-18-21(35)17-27(42)23-16-20(34)6-7-24(23)36/h6-10,13,16,21-22,27,29H,11-12,14-15,17-19H2,1-5H3,(H,37,38,43)/t21-,27+/m0/s1. The largest absolute Gasteiger partial charge is 0.444 e. The zero-order valence-electron chi connectivity index (χ0n) is 27.2. The van der Waals surface area contributed by atoms with E-state index in [-0.39, 0.29) is 31.1 Å². The van der Waals surface area contributed by atoms with Crippen molar-refractivity contribution >= 4 is 34.7 Å². The number of hydrogen-bond donors (Lipinski definition) is 1. The molecule has 1 aromatic carbocycles. The van der Waals surface area contributed by atoms with Crippen molar-refractivity contribution in [3.63, 3.8) is 0 Å². The number of ether oxygens (including phenoxy) is 3. The number of amides is 3. The van der Waals surface area contributed by atoms with Crippen molar-refractivity contribution in [2.75, 3.05) is 50.6 Å². The number of rotatable bonds is 8. The number of benzene rings is 1. The summed E-state index contributed by atoms with van der Waals surface area (Å²) in [5.74, 6) is -0.915. The van der Waals surface area contributed by atoms with E-state index < -0.39 is 47.9 Å². The fraction of sp³-hybridized carbons (Fsp3) is 0.515. The first-order chi connectivity index (χ1) is 22.4. The monoisotopic (exact) mass is 658 g/mol. The number of urea groups is 1. The van der Waals surface area contributed by atoms with Crippen LogP contribution >= 0.6 is 0 Å². The summed E-state index contributed by atoms with van der Waals surface area (Å²) >= 11 is 0. The highest BCUT2D eigenvalue weighted by atomic mass is 19.1. The second-order valence-electron chi connectivity index (χ2n) is 12.7. The third-order valence-electron chi connectivity index (χ3n) is 8.36. The Morgan fingerprint density at radius 1 is 1.09 bits per heavy atom. The van der Waals surface area contributed by atoms with Gasteiger partial charge in [0.2, 0.25) is 0 Å². The molecular formula is C33H41F3N6O5. The number of carbonyl (C=O) groups excluding carboxylic acids is 2. The molecule has 254 valence electrons. The highest BCUT2D eigenvalue weighted by molar-refractivity contribution is 5.99. The van der Waals surface area contributed by atoms with E-state index in [0.717, 1.165) is 18.2 Å². The molecule has 2 saturated heterocycles. The average Bonchev–Trinajstić information content (AvgIpc) is 3.43. The number of halogens is 3. The molecule has 5 rings (SSSR count). The van der Waals surface area contributed by atoms with Gasteiger partial charge in [-0.25, -0.2) is 27.7 Å². The molecule has 2 aliphatic rings. The molecule has 0 unspecified atom stereocenters. The first-order valence-corrected chi connectivity index (χ1v) is 15.6. The fourth-order valence-electron chi connectivity index (χ4n) is 6.06. The van der Waals surface area contributed by atoms with Gasteiger partial charge in [0.15, 0.2) is 6.29 Å². The molecule has 3 aromatic rings. The molecule has 14 heteroatoms. The van der Waals surface area contributed by atoms with E-state index in [9.17, 15) is 22.8 Å². The highest BCUT2D eigenvalue weighted by Gasteiger charge is 2.37. The van der Waals surface area contributed by atoms with Crippen molar-refractivity contribution in [3.05, 3.63) is 59.8 Å². The minimum absolute atomic E-state index is 0.0292. The lowest BCUT2D eigenvalue weighted by Crippen LogP contribution is -2.52. The lowest BCUT2D eigenvalue weighted by molar-refractivity contribution is -0.115. The lowest BCUT2D eigenvalue weighted by Gasteiger charge is -2.39. The molecule has 0 saturated carbocycles. The summed E-state index contributed by atoms with van der Waals surface area (Å²) in [7, 11) is 2.97. The molecule has 4 heterocycles. The first-order valence-electron chi connectivity index (χ1n) is 15.6. The summed E-state index contributed by atoms with van der Waals surface area (Å²) in [6, 6.07) is 6.62. The Kier molecular flexibility index (Phi) is 10.4. The van der Waals surface area contributed by atoms with Gasteiger partial charge in [-0.15, -0.1) is 0 Å². The second-order valence-corrected chi connectivity index (χ2v) is 12.7. The molecule has 2 atom stereocenters. The number of carbonyl (C=O) groups is 2. The normalized spacial score (nSPS) is 19.0. The molecule has 47 heavy (non-hydrogen) atoms. The van der Waals surface area contributed by atoms with Gasteiger partial charge in [0.25, 0.3) is 0 Å². The summed E-state index contributed by atoms with van der Waals surface area (Å²) in [5, 5.41) is 2.95. The van der Waals surface area contributed by atoms with Crippen molar-refractivity contribution < 1.29 is 37.0 Å². The third kappa shape index (κ3) is 8.04. The fourth-order valence-corrected chi connectivity index (χ4v) is 6.06. The van der Waals surface area contributed by atoms with Gasteiger partial charge in [-0.05, 0) is 70.0 Å². The van der Waals surface area contributed by atoms with Crippen molar-refractivity contribution in [2.24, 2.45) is 0 Å². The zero-order valence-corrected chi connectivity index (χ0v) is 27.2. The van der Waals surface area contributed by atoms with E-state index >= 15 is 0 Å². The summed E-state index contributed by atoms with van der Waals surface area (Å²) in [6.07, 6.45) is 0.134. The molecular weight excluding hydrogens is 617 g/mol. The number of alkyl halides is 1. The molecule has 2 aliphatic heterocycles.